The van der Waals surface area contributed by atoms with Crippen LogP contribution in [0, 0.1) is 6.92 Å². The van der Waals surface area contributed by atoms with Crippen molar-refractivity contribution in [2.24, 2.45) is 0 Å². The van der Waals surface area contributed by atoms with Crippen molar-refractivity contribution < 1.29 is 23.7 Å². The Bertz CT molecular complexity index is 732. The van der Waals surface area contributed by atoms with E-state index in [4.69, 9.17) is 18.9 Å². The van der Waals surface area contributed by atoms with Crippen molar-refractivity contribution in [2.45, 2.75) is 13.8 Å². The van der Waals surface area contributed by atoms with E-state index in [1.165, 1.54) is 14.2 Å². The highest BCUT2D eigenvalue weighted by atomic mass is 31.1. The van der Waals surface area contributed by atoms with Crippen LogP contribution in [0.25, 0.3) is 0 Å². The third-order valence-corrected chi connectivity index (χ3v) is 5.01. The summed E-state index contributed by atoms with van der Waals surface area (Å²) in [5.74, 6) is 2.26. The van der Waals surface area contributed by atoms with Crippen molar-refractivity contribution in [2.75, 3.05) is 27.9 Å². The van der Waals surface area contributed by atoms with Crippen molar-refractivity contribution in [3.63, 3.8) is 0 Å². The van der Waals surface area contributed by atoms with E-state index in [0.717, 1.165) is 16.6 Å². The normalized spacial score (nSPS) is 10.8. The molecule has 25 heavy (non-hydrogen) atoms. The van der Waals surface area contributed by atoms with Gasteiger partial charge in [-0.25, -0.2) is 0 Å². The summed E-state index contributed by atoms with van der Waals surface area (Å²) in [6, 6.07) is 9.13. The minimum atomic E-state index is -0.0522. The number of aryl methyl sites for hydroxylation is 1. The number of ether oxygens (including phenoxy) is 4. The molecule has 1 unspecified atom stereocenters. The molecule has 0 bridgehead atoms. The quantitative estimate of drug-likeness (QED) is 0.672. The predicted octanol–water partition coefficient (Wildman–Crippen LogP) is 3.56. The van der Waals surface area contributed by atoms with Gasteiger partial charge < -0.3 is 18.9 Å². The molecule has 1 atom stereocenters. The fourth-order valence-corrected chi connectivity index (χ4v) is 3.50. The summed E-state index contributed by atoms with van der Waals surface area (Å²) in [5, 5.41) is 0.966. The Kier molecular flexibility index (Phi) is 6.65. The summed E-state index contributed by atoms with van der Waals surface area (Å²) in [7, 11) is 4.56. The van der Waals surface area contributed by atoms with Gasteiger partial charge in [0, 0.05) is 12.1 Å². The van der Waals surface area contributed by atoms with Gasteiger partial charge in [0.2, 0.25) is 0 Å². The Morgan fingerprint density at radius 2 is 1.60 bits per heavy atom. The van der Waals surface area contributed by atoms with E-state index >= 15 is 0 Å². The standard InChI is InChI=1S/C19H23O5P/c1-6-24-13-7-8-17(12(2)9-13)25-19(20)18-15(22-4)10-14(21-3)11-16(18)23-5/h7-11,25H,6H2,1-5H3. The summed E-state index contributed by atoms with van der Waals surface area (Å²) < 4.78 is 21.5. The lowest BCUT2D eigenvalue weighted by atomic mass is 10.2. The molecule has 0 aliphatic carbocycles. The van der Waals surface area contributed by atoms with Gasteiger partial charge in [0.1, 0.15) is 28.6 Å². The average Bonchev–Trinajstić information content (AvgIpc) is 2.62. The first-order valence-corrected chi connectivity index (χ1v) is 8.88. The molecule has 2 rings (SSSR count). The molecule has 2 aromatic carbocycles. The van der Waals surface area contributed by atoms with Crippen LogP contribution in [-0.4, -0.2) is 33.5 Å². The van der Waals surface area contributed by atoms with Crippen LogP contribution < -0.4 is 24.3 Å². The van der Waals surface area contributed by atoms with E-state index in [0.29, 0.717) is 29.4 Å². The molecule has 0 spiro atoms. The lowest BCUT2D eigenvalue weighted by Crippen LogP contribution is -2.08. The number of rotatable bonds is 8. The Morgan fingerprint density at radius 3 is 2.08 bits per heavy atom. The highest BCUT2D eigenvalue weighted by Crippen LogP contribution is 2.38. The third kappa shape index (κ3) is 4.43. The molecule has 0 saturated carbocycles. The second-order valence-electron chi connectivity index (χ2n) is 5.27. The molecule has 0 radical (unpaired) electrons. The zero-order chi connectivity index (χ0) is 18.4. The Labute approximate surface area is 150 Å². The summed E-state index contributed by atoms with van der Waals surface area (Å²) in [6.07, 6.45) is 0. The topological polar surface area (TPSA) is 54.0 Å². The summed E-state index contributed by atoms with van der Waals surface area (Å²) >= 11 is 0. The maximum absolute atomic E-state index is 12.9. The van der Waals surface area contributed by atoms with Crippen LogP contribution in [0.2, 0.25) is 0 Å². The lowest BCUT2D eigenvalue weighted by Gasteiger charge is -2.15. The fourth-order valence-electron chi connectivity index (χ4n) is 2.45. The molecular weight excluding hydrogens is 339 g/mol. The Hall–Kier alpha value is -2.26. The Morgan fingerprint density at radius 1 is 0.960 bits per heavy atom. The molecule has 0 aliphatic heterocycles. The van der Waals surface area contributed by atoms with Crippen LogP contribution in [0.15, 0.2) is 30.3 Å². The first kappa shape index (κ1) is 19.1. The first-order chi connectivity index (χ1) is 12.0. The Balaban J connectivity index is 2.35. The highest BCUT2D eigenvalue weighted by Gasteiger charge is 2.21. The zero-order valence-corrected chi connectivity index (χ0v) is 16.1. The van der Waals surface area contributed by atoms with Gasteiger partial charge in [-0.3, -0.25) is 4.79 Å². The lowest BCUT2D eigenvalue weighted by molar-refractivity contribution is 0.108. The van der Waals surface area contributed by atoms with Crippen molar-refractivity contribution >= 4 is 19.4 Å². The van der Waals surface area contributed by atoms with Gasteiger partial charge in [-0.15, -0.1) is 0 Å². The van der Waals surface area contributed by atoms with Crippen LogP contribution in [0.4, 0.5) is 0 Å². The molecule has 0 fully saturated rings. The minimum absolute atomic E-state index is 0.0460. The van der Waals surface area contributed by atoms with Crippen molar-refractivity contribution in [3.05, 3.63) is 41.5 Å². The smallest absolute Gasteiger partial charge is 0.193 e. The number of hydrogen-bond donors (Lipinski definition) is 0. The second-order valence-corrected chi connectivity index (χ2v) is 6.51. The van der Waals surface area contributed by atoms with Gasteiger partial charge in [-0.05, 0) is 45.4 Å². The van der Waals surface area contributed by atoms with E-state index < -0.39 is 0 Å². The van der Waals surface area contributed by atoms with E-state index in [9.17, 15) is 4.79 Å². The van der Waals surface area contributed by atoms with Gasteiger partial charge in [-0.2, -0.15) is 0 Å². The molecule has 0 amide bonds. The average molecular weight is 362 g/mol. The van der Waals surface area contributed by atoms with E-state index in [1.807, 2.05) is 32.0 Å². The summed E-state index contributed by atoms with van der Waals surface area (Å²) in [4.78, 5) is 12.9. The molecule has 5 nitrogen and oxygen atoms in total. The number of carbonyl (C=O) groups is 1. The van der Waals surface area contributed by atoms with Crippen LogP contribution in [0.5, 0.6) is 23.0 Å². The highest BCUT2D eigenvalue weighted by molar-refractivity contribution is 7.66. The molecule has 0 saturated heterocycles. The maximum atomic E-state index is 12.9. The third-order valence-electron chi connectivity index (χ3n) is 3.70. The summed E-state index contributed by atoms with van der Waals surface area (Å²) in [6.45, 7) is 4.53. The molecule has 134 valence electrons. The molecule has 0 heterocycles. The van der Waals surface area contributed by atoms with E-state index in [-0.39, 0.29) is 14.1 Å². The fraction of sp³-hybridized carbons (Fsp3) is 0.316. The van der Waals surface area contributed by atoms with E-state index in [1.54, 1.807) is 19.2 Å². The SMILES string of the molecule is CCOc1ccc(PC(=O)c2c(OC)cc(OC)cc2OC)c(C)c1. The van der Waals surface area contributed by atoms with Gasteiger partial charge in [-0.1, -0.05) is 6.07 Å². The molecule has 0 aromatic heterocycles. The number of carbonyl (C=O) groups excluding carboxylic acids is 1. The summed E-state index contributed by atoms with van der Waals surface area (Å²) in [5.41, 5.74) is 1.39. The number of hydrogen-bond acceptors (Lipinski definition) is 5. The van der Waals surface area contributed by atoms with Gasteiger partial charge in [0.05, 0.1) is 27.9 Å². The van der Waals surface area contributed by atoms with Crippen LogP contribution in [-0.2, 0) is 0 Å². The molecule has 6 heteroatoms. The molecular formula is C19H23O5P. The largest absolute Gasteiger partial charge is 0.496 e. The number of methoxy groups -OCH3 is 3. The monoisotopic (exact) mass is 362 g/mol. The minimum Gasteiger partial charge on any atom is -0.496 e. The van der Waals surface area contributed by atoms with Crippen molar-refractivity contribution in [3.8, 4) is 23.0 Å². The molecule has 0 N–H and O–H groups in total. The van der Waals surface area contributed by atoms with Gasteiger partial charge in [0.15, 0.2) is 5.52 Å². The van der Waals surface area contributed by atoms with Crippen molar-refractivity contribution in [1.82, 2.24) is 0 Å². The maximum Gasteiger partial charge on any atom is 0.193 e. The van der Waals surface area contributed by atoms with Crippen LogP contribution in [0.3, 0.4) is 0 Å². The predicted molar refractivity (Wildman–Crippen MR) is 101 cm³/mol. The second kappa shape index (κ2) is 8.72. The molecule has 0 aliphatic rings. The van der Waals surface area contributed by atoms with Crippen LogP contribution in [0.1, 0.15) is 22.8 Å². The first-order valence-electron chi connectivity index (χ1n) is 7.88. The van der Waals surface area contributed by atoms with Gasteiger partial charge in [0.25, 0.3) is 0 Å². The van der Waals surface area contributed by atoms with E-state index in [2.05, 4.69) is 0 Å². The number of benzene rings is 2. The zero-order valence-electron chi connectivity index (χ0n) is 15.1. The van der Waals surface area contributed by atoms with Crippen molar-refractivity contribution in [1.29, 1.82) is 0 Å². The van der Waals surface area contributed by atoms with Gasteiger partial charge >= 0.3 is 0 Å². The van der Waals surface area contributed by atoms with Crippen LogP contribution >= 0.6 is 8.58 Å². The molecule has 2 aromatic rings.